The summed E-state index contributed by atoms with van der Waals surface area (Å²) < 4.78 is 3.50. The summed E-state index contributed by atoms with van der Waals surface area (Å²) >= 11 is 0. The third-order valence-corrected chi connectivity index (χ3v) is 4.08. The maximum absolute atomic E-state index is 12.1. The molecule has 7 heteroatoms. The number of nitrogens with zero attached hydrogens (tertiary/aromatic N) is 5. The number of hydrogen-bond donors (Lipinski definition) is 1. The number of aromatic nitrogens is 4. The van der Waals surface area contributed by atoms with E-state index in [1.807, 2.05) is 18.5 Å². The van der Waals surface area contributed by atoms with Gasteiger partial charge in [-0.25, -0.2) is 9.78 Å². The van der Waals surface area contributed by atoms with Gasteiger partial charge in [0.2, 0.25) is 0 Å². The molecular weight excluding hydrogens is 256 g/mol. The van der Waals surface area contributed by atoms with Gasteiger partial charge in [0.25, 0.3) is 0 Å². The van der Waals surface area contributed by atoms with Gasteiger partial charge >= 0.3 is 5.69 Å². The molecule has 0 spiro atoms. The topological polar surface area (TPSA) is 68.0 Å². The molecule has 0 aliphatic carbocycles. The molecule has 0 saturated carbocycles. The van der Waals surface area contributed by atoms with Gasteiger partial charge in [0.15, 0.2) is 5.82 Å². The third-order valence-electron chi connectivity index (χ3n) is 4.08. The van der Waals surface area contributed by atoms with Crippen LogP contribution in [-0.4, -0.2) is 44.8 Å². The van der Waals surface area contributed by atoms with Crippen LogP contribution in [0.15, 0.2) is 4.79 Å². The van der Waals surface area contributed by atoms with Crippen LogP contribution in [0.4, 0.5) is 5.82 Å². The second-order valence-corrected chi connectivity index (χ2v) is 5.41. The van der Waals surface area contributed by atoms with Crippen molar-refractivity contribution in [3.8, 4) is 0 Å². The first-order valence-electron chi connectivity index (χ1n) is 6.88. The normalized spacial score (nSPS) is 19.8. The number of aryl methyl sites for hydroxylation is 3. The van der Waals surface area contributed by atoms with Crippen LogP contribution in [0.2, 0.25) is 0 Å². The second kappa shape index (κ2) is 4.59. The Morgan fingerprint density at radius 1 is 1.25 bits per heavy atom. The van der Waals surface area contributed by atoms with Gasteiger partial charge in [-0.2, -0.15) is 4.98 Å². The van der Waals surface area contributed by atoms with Gasteiger partial charge in [-0.15, -0.1) is 0 Å². The summed E-state index contributed by atoms with van der Waals surface area (Å²) in [5.74, 6) is 1.59. The number of rotatable bonds is 1. The monoisotopic (exact) mass is 276 g/mol. The molecule has 20 heavy (non-hydrogen) atoms. The van der Waals surface area contributed by atoms with Crippen molar-refractivity contribution in [2.24, 2.45) is 14.1 Å². The van der Waals surface area contributed by atoms with Crippen LogP contribution in [0.3, 0.4) is 0 Å². The highest BCUT2D eigenvalue weighted by Gasteiger charge is 2.25. The molecular formula is C13H20N6O. The molecule has 3 heterocycles. The van der Waals surface area contributed by atoms with Crippen LogP contribution in [0.5, 0.6) is 0 Å². The van der Waals surface area contributed by atoms with Crippen LogP contribution < -0.4 is 15.9 Å². The fourth-order valence-electron chi connectivity index (χ4n) is 2.80. The molecule has 1 aliphatic rings. The van der Waals surface area contributed by atoms with Crippen molar-refractivity contribution in [1.82, 2.24) is 24.4 Å². The molecule has 1 N–H and O–H groups in total. The molecule has 1 aliphatic heterocycles. The average molecular weight is 276 g/mol. The quantitative estimate of drug-likeness (QED) is 0.779. The molecule has 1 atom stereocenters. The summed E-state index contributed by atoms with van der Waals surface area (Å²) in [6.07, 6.45) is 0. The van der Waals surface area contributed by atoms with Crippen LogP contribution in [-0.2, 0) is 14.1 Å². The number of anilines is 1. The molecule has 0 aromatic carbocycles. The van der Waals surface area contributed by atoms with E-state index in [0.717, 1.165) is 36.6 Å². The highest BCUT2D eigenvalue weighted by atomic mass is 16.1. The Labute approximate surface area is 117 Å². The van der Waals surface area contributed by atoms with Crippen LogP contribution in [0.25, 0.3) is 11.2 Å². The van der Waals surface area contributed by atoms with E-state index in [4.69, 9.17) is 0 Å². The Morgan fingerprint density at radius 2 is 2.00 bits per heavy atom. The van der Waals surface area contributed by atoms with Gasteiger partial charge < -0.3 is 14.8 Å². The number of nitrogens with one attached hydrogen (secondary N) is 1. The van der Waals surface area contributed by atoms with Crippen molar-refractivity contribution in [3.05, 3.63) is 16.3 Å². The Hall–Kier alpha value is -1.89. The van der Waals surface area contributed by atoms with Crippen LogP contribution >= 0.6 is 0 Å². The van der Waals surface area contributed by atoms with Gasteiger partial charge in [0.1, 0.15) is 17.0 Å². The predicted molar refractivity (Wildman–Crippen MR) is 78.2 cm³/mol. The average Bonchev–Trinajstić information content (AvgIpc) is 2.72. The zero-order valence-electron chi connectivity index (χ0n) is 12.3. The van der Waals surface area contributed by atoms with E-state index in [2.05, 4.69) is 27.1 Å². The molecule has 2 aromatic heterocycles. The third kappa shape index (κ3) is 1.81. The molecule has 0 bridgehead atoms. The van der Waals surface area contributed by atoms with Crippen molar-refractivity contribution in [3.63, 3.8) is 0 Å². The molecule has 1 unspecified atom stereocenters. The SMILES string of the molecule is Cc1nc2c(N3CCNCC3C)nc(=O)n(C)c2n1C. The number of hydrogen-bond acceptors (Lipinski definition) is 5. The molecule has 108 valence electrons. The van der Waals surface area contributed by atoms with Gasteiger partial charge in [-0.3, -0.25) is 4.57 Å². The maximum atomic E-state index is 12.1. The minimum Gasteiger partial charge on any atom is -0.349 e. The lowest BCUT2D eigenvalue weighted by Gasteiger charge is -2.34. The number of fused-ring (bicyclic) bond motifs is 1. The summed E-state index contributed by atoms with van der Waals surface area (Å²) in [5.41, 5.74) is 1.39. The second-order valence-electron chi connectivity index (χ2n) is 5.41. The zero-order chi connectivity index (χ0) is 14.4. The molecule has 0 amide bonds. The highest BCUT2D eigenvalue weighted by Crippen LogP contribution is 2.24. The van der Waals surface area contributed by atoms with E-state index in [1.54, 1.807) is 11.6 Å². The summed E-state index contributed by atoms with van der Waals surface area (Å²) in [6, 6.07) is 0.300. The minimum absolute atomic E-state index is 0.235. The van der Waals surface area contributed by atoms with E-state index in [0.29, 0.717) is 11.9 Å². The Bertz CT molecular complexity index is 716. The fourth-order valence-corrected chi connectivity index (χ4v) is 2.80. The maximum Gasteiger partial charge on any atom is 0.350 e. The summed E-state index contributed by atoms with van der Waals surface area (Å²) in [5, 5.41) is 3.35. The number of piperazine rings is 1. The molecule has 1 saturated heterocycles. The first-order valence-corrected chi connectivity index (χ1v) is 6.88. The molecule has 3 rings (SSSR count). The molecule has 0 radical (unpaired) electrons. The van der Waals surface area contributed by atoms with E-state index in [-0.39, 0.29) is 5.69 Å². The Morgan fingerprint density at radius 3 is 2.70 bits per heavy atom. The zero-order valence-corrected chi connectivity index (χ0v) is 12.3. The van der Waals surface area contributed by atoms with E-state index >= 15 is 0 Å². The lowest BCUT2D eigenvalue weighted by Crippen LogP contribution is -2.50. The van der Waals surface area contributed by atoms with Gasteiger partial charge in [-0.1, -0.05) is 0 Å². The van der Waals surface area contributed by atoms with Crippen LogP contribution in [0.1, 0.15) is 12.7 Å². The van der Waals surface area contributed by atoms with Gasteiger partial charge in [0, 0.05) is 39.8 Å². The van der Waals surface area contributed by atoms with Crippen molar-refractivity contribution in [2.45, 2.75) is 19.9 Å². The highest BCUT2D eigenvalue weighted by molar-refractivity contribution is 5.84. The Balaban J connectivity index is 2.28. The summed E-state index contributed by atoms with van der Waals surface area (Å²) in [6.45, 7) is 6.70. The predicted octanol–water partition coefficient (Wildman–Crippen LogP) is -0.226. The lowest BCUT2D eigenvalue weighted by atomic mass is 10.2. The lowest BCUT2D eigenvalue weighted by molar-refractivity contribution is 0.497. The van der Waals surface area contributed by atoms with E-state index in [1.165, 1.54) is 0 Å². The first-order chi connectivity index (χ1) is 9.50. The molecule has 1 fully saturated rings. The van der Waals surface area contributed by atoms with Crippen molar-refractivity contribution < 1.29 is 0 Å². The van der Waals surface area contributed by atoms with Crippen molar-refractivity contribution >= 4 is 17.0 Å². The standard InChI is InChI=1S/C13H20N6O/c1-8-7-14-5-6-19(8)11-10-12(17(3)9(2)15-10)18(4)13(20)16-11/h8,14H,5-7H2,1-4H3. The van der Waals surface area contributed by atoms with Gasteiger partial charge in [-0.05, 0) is 13.8 Å². The largest absolute Gasteiger partial charge is 0.350 e. The van der Waals surface area contributed by atoms with Crippen LogP contribution in [0, 0.1) is 6.92 Å². The van der Waals surface area contributed by atoms with Crippen molar-refractivity contribution in [2.75, 3.05) is 24.5 Å². The summed E-state index contributed by atoms with van der Waals surface area (Å²) in [7, 11) is 3.67. The number of imidazole rings is 1. The van der Waals surface area contributed by atoms with E-state index in [9.17, 15) is 4.79 Å². The van der Waals surface area contributed by atoms with E-state index < -0.39 is 0 Å². The summed E-state index contributed by atoms with van der Waals surface area (Å²) in [4.78, 5) is 23.2. The fraction of sp³-hybridized carbons (Fsp3) is 0.615. The smallest absolute Gasteiger partial charge is 0.349 e. The Kier molecular flexibility index (Phi) is 3.01. The first kappa shape index (κ1) is 13.1. The molecule has 2 aromatic rings. The molecule has 7 nitrogen and oxygen atoms in total. The van der Waals surface area contributed by atoms with Gasteiger partial charge in [0.05, 0.1) is 0 Å². The minimum atomic E-state index is -0.235. The van der Waals surface area contributed by atoms with Crippen molar-refractivity contribution in [1.29, 1.82) is 0 Å².